The highest BCUT2D eigenvalue weighted by molar-refractivity contribution is 5.57. The third-order valence-corrected chi connectivity index (χ3v) is 3.96. The summed E-state index contributed by atoms with van der Waals surface area (Å²) in [5.74, 6) is 2.39. The highest BCUT2D eigenvalue weighted by Crippen LogP contribution is 2.24. The maximum absolute atomic E-state index is 11.1. The van der Waals surface area contributed by atoms with Gasteiger partial charge >= 0.3 is 0 Å². The first kappa shape index (κ1) is 17.9. The predicted octanol–water partition coefficient (Wildman–Crippen LogP) is 4.60. The molecule has 1 unspecified atom stereocenters. The summed E-state index contributed by atoms with van der Waals surface area (Å²) in [4.78, 5) is 11.1. The lowest BCUT2D eigenvalue weighted by Crippen LogP contribution is -2.09. The molecule has 1 N–H and O–H groups in total. The van der Waals surface area contributed by atoms with Crippen LogP contribution in [0.5, 0.6) is 11.5 Å². The van der Waals surface area contributed by atoms with E-state index < -0.39 is 0 Å². The second-order valence-electron chi connectivity index (χ2n) is 6.55. The van der Waals surface area contributed by atoms with Crippen LogP contribution in [-0.2, 0) is 0 Å². The number of aromatic amines is 1. The Morgan fingerprint density at radius 3 is 2.42 bits per heavy atom. The number of hydrogen-bond donors (Lipinski definition) is 1. The molecule has 1 heterocycles. The van der Waals surface area contributed by atoms with Gasteiger partial charge in [0.2, 0.25) is 0 Å². The molecular weight excluding hydrogens is 330 g/mol. The quantitative estimate of drug-likeness (QED) is 0.674. The molecule has 1 aromatic heterocycles. The molecule has 3 aromatic rings. The Labute approximate surface area is 152 Å². The van der Waals surface area contributed by atoms with Crippen LogP contribution in [0.2, 0.25) is 0 Å². The van der Waals surface area contributed by atoms with Crippen molar-refractivity contribution in [1.29, 1.82) is 0 Å². The van der Waals surface area contributed by atoms with Crippen molar-refractivity contribution in [2.45, 2.75) is 32.8 Å². The van der Waals surface area contributed by atoms with Crippen LogP contribution in [0.25, 0.3) is 11.3 Å². The van der Waals surface area contributed by atoms with Gasteiger partial charge in [0, 0.05) is 11.5 Å². The Kier molecular flexibility index (Phi) is 5.46. The van der Waals surface area contributed by atoms with Gasteiger partial charge in [0.25, 0.3) is 5.56 Å². The first-order valence-corrected chi connectivity index (χ1v) is 8.69. The summed E-state index contributed by atoms with van der Waals surface area (Å²) in [6.07, 6.45) is 0.153. The molecule has 3 rings (SSSR count). The number of H-pyrrole nitrogens is 1. The molecule has 0 spiro atoms. The molecule has 0 fully saturated rings. The van der Waals surface area contributed by atoms with Crippen LogP contribution in [0, 0.1) is 0 Å². The van der Waals surface area contributed by atoms with Crippen LogP contribution in [0.3, 0.4) is 0 Å². The normalized spacial score (nSPS) is 12.2. The van der Waals surface area contributed by atoms with E-state index in [1.807, 2.05) is 50.2 Å². The first-order chi connectivity index (χ1) is 12.5. The van der Waals surface area contributed by atoms with E-state index in [0.29, 0.717) is 12.4 Å². The molecule has 26 heavy (non-hydrogen) atoms. The van der Waals surface area contributed by atoms with Gasteiger partial charge in [-0.2, -0.15) is 5.16 Å². The molecule has 5 nitrogen and oxygen atoms in total. The maximum atomic E-state index is 11.1. The van der Waals surface area contributed by atoms with Crippen LogP contribution in [0.1, 0.15) is 32.3 Å². The Bertz CT molecular complexity index is 893. The molecule has 0 aliphatic heterocycles. The number of nitrogens with one attached hydrogen (secondary N) is 1. The maximum Gasteiger partial charge on any atom is 0.280 e. The van der Waals surface area contributed by atoms with Crippen molar-refractivity contribution < 1.29 is 14.0 Å². The number of benzene rings is 2. The van der Waals surface area contributed by atoms with E-state index in [2.05, 4.69) is 24.2 Å². The van der Waals surface area contributed by atoms with E-state index in [9.17, 15) is 4.79 Å². The fourth-order valence-electron chi connectivity index (χ4n) is 2.62. The Morgan fingerprint density at radius 2 is 1.77 bits per heavy atom. The van der Waals surface area contributed by atoms with Gasteiger partial charge in [-0.3, -0.25) is 4.79 Å². The zero-order chi connectivity index (χ0) is 18.5. The number of ether oxygens (including phenoxy) is 2. The first-order valence-electron chi connectivity index (χ1n) is 8.69. The number of aromatic nitrogens is 1. The fourth-order valence-corrected chi connectivity index (χ4v) is 2.62. The van der Waals surface area contributed by atoms with E-state index in [-0.39, 0.29) is 17.6 Å². The van der Waals surface area contributed by atoms with Crippen LogP contribution >= 0.6 is 0 Å². The smallest absolute Gasteiger partial charge is 0.280 e. The van der Waals surface area contributed by atoms with Gasteiger partial charge in [0.15, 0.2) is 5.76 Å². The molecule has 0 aliphatic carbocycles. The van der Waals surface area contributed by atoms with Gasteiger partial charge in [-0.1, -0.05) is 19.1 Å². The number of hydrogen-bond acceptors (Lipinski definition) is 4. The highest BCUT2D eigenvalue weighted by Gasteiger charge is 2.09. The summed E-state index contributed by atoms with van der Waals surface area (Å²) in [5.41, 5.74) is 1.74. The van der Waals surface area contributed by atoms with Gasteiger partial charge in [-0.15, -0.1) is 0 Å². The molecule has 1 atom stereocenters. The summed E-state index contributed by atoms with van der Waals surface area (Å²) in [5, 5.41) is 2.28. The van der Waals surface area contributed by atoms with Crippen molar-refractivity contribution in [3.63, 3.8) is 0 Å². The minimum absolute atomic E-state index is 0.153. The topological polar surface area (TPSA) is 64.5 Å². The van der Waals surface area contributed by atoms with Crippen LogP contribution < -0.4 is 15.0 Å². The molecule has 2 aromatic carbocycles. The molecule has 0 aliphatic rings. The van der Waals surface area contributed by atoms with Crippen LogP contribution in [-0.4, -0.2) is 17.9 Å². The fraction of sp³-hybridized carbons (Fsp3) is 0.286. The van der Waals surface area contributed by atoms with Crippen molar-refractivity contribution in [1.82, 2.24) is 5.16 Å². The van der Waals surface area contributed by atoms with E-state index in [0.717, 1.165) is 17.1 Å². The van der Waals surface area contributed by atoms with Gasteiger partial charge < -0.3 is 14.0 Å². The molecular formula is C21H23NO4. The molecule has 5 heteroatoms. The van der Waals surface area contributed by atoms with Gasteiger partial charge in [-0.05, 0) is 55.8 Å². The lowest BCUT2D eigenvalue weighted by molar-refractivity contribution is 0.241. The van der Waals surface area contributed by atoms with Gasteiger partial charge in [0.1, 0.15) is 11.5 Å². The molecule has 136 valence electrons. The molecule has 0 saturated carbocycles. The van der Waals surface area contributed by atoms with Gasteiger partial charge in [0.05, 0.1) is 18.8 Å². The lowest BCUT2D eigenvalue weighted by atomic mass is 10.0. The van der Waals surface area contributed by atoms with Crippen molar-refractivity contribution >= 4 is 0 Å². The average Bonchev–Trinajstić information content (AvgIpc) is 3.06. The second-order valence-corrected chi connectivity index (χ2v) is 6.55. The lowest BCUT2D eigenvalue weighted by Gasteiger charge is -2.16. The van der Waals surface area contributed by atoms with E-state index in [1.165, 1.54) is 11.6 Å². The highest BCUT2D eigenvalue weighted by atomic mass is 16.5. The predicted molar refractivity (Wildman–Crippen MR) is 101 cm³/mol. The van der Waals surface area contributed by atoms with E-state index >= 15 is 0 Å². The van der Waals surface area contributed by atoms with Crippen molar-refractivity contribution in [3.8, 4) is 22.8 Å². The SMILES string of the molecule is CC(C)Oc1cccc(C(C)COc2ccc(-c3cc(=O)[nH]o3)cc2)c1. The minimum atomic E-state index is -0.252. The molecule has 0 saturated heterocycles. The minimum Gasteiger partial charge on any atom is -0.493 e. The summed E-state index contributed by atoms with van der Waals surface area (Å²) in [6, 6.07) is 17.0. The van der Waals surface area contributed by atoms with Crippen molar-refractivity contribution in [3.05, 3.63) is 70.5 Å². The standard InChI is InChI=1S/C21H23NO4/c1-14(2)25-19-6-4-5-17(11-19)15(3)13-24-18-9-7-16(8-10-18)20-12-21(23)22-26-20/h4-12,14-15H,13H2,1-3H3,(H,22,23). The second kappa shape index (κ2) is 7.95. The number of rotatable bonds is 7. The third kappa shape index (κ3) is 4.57. The summed E-state index contributed by atoms with van der Waals surface area (Å²) in [6.45, 7) is 6.71. The summed E-state index contributed by atoms with van der Waals surface area (Å²) >= 11 is 0. The monoisotopic (exact) mass is 353 g/mol. The van der Waals surface area contributed by atoms with Crippen LogP contribution in [0.4, 0.5) is 0 Å². The average molecular weight is 353 g/mol. The van der Waals surface area contributed by atoms with Crippen molar-refractivity contribution in [2.24, 2.45) is 0 Å². The summed E-state index contributed by atoms with van der Waals surface area (Å²) in [7, 11) is 0. The van der Waals surface area contributed by atoms with E-state index in [4.69, 9.17) is 14.0 Å². The zero-order valence-electron chi connectivity index (χ0n) is 15.2. The largest absolute Gasteiger partial charge is 0.493 e. The Hall–Kier alpha value is -2.95. The molecule has 0 amide bonds. The van der Waals surface area contributed by atoms with E-state index in [1.54, 1.807) is 0 Å². The molecule has 0 radical (unpaired) electrons. The zero-order valence-corrected chi connectivity index (χ0v) is 15.2. The van der Waals surface area contributed by atoms with Gasteiger partial charge in [-0.25, -0.2) is 0 Å². The van der Waals surface area contributed by atoms with Crippen LogP contribution in [0.15, 0.2) is 63.9 Å². The third-order valence-electron chi connectivity index (χ3n) is 3.96. The Morgan fingerprint density at radius 1 is 1.00 bits per heavy atom. The summed E-state index contributed by atoms with van der Waals surface area (Å²) < 4.78 is 16.7. The molecule has 0 bridgehead atoms. The van der Waals surface area contributed by atoms with Crippen molar-refractivity contribution in [2.75, 3.05) is 6.61 Å². The Balaban J connectivity index is 1.60.